The third-order valence-corrected chi connectivity index (χ3v) is 7.31. The summed E-state index contributed by atoms with van der Waals surface area (Å²) in [6.07, 6.45) is 1.29. The smallest absolute Gasteiger partial charge is 0.254 e. The lowest BCUT2D eigenvalue weighted by Crippen LogP contribution is -2.40. The topological polar surface area (TPSA) is 91.4 Å². The number of amides is 1. The maximum atomic E-state index is 13.5. The van der Waals surface area contributed by atoms with Crippen LogP contribution in [0.1, 0.15) is 35.7 Å². The number of ether oxygens (including phenoxy) is 4. The summed E-state index contributed by atoms with van der Waals surface area (Å²) >= 11 is 0. The summed E-state index contributed by atoms with van der Waals surface area (Å²) in [6.45, 7) is 2.82. The molecule has 0 spiro atoms. The van der Waals surface area contributed by atoms with E-state index in [9.17, 15) is 13.2 Å². The van der Waals surface area contributed by atoms with E-state index in [2.05, 4.69) is 0 Å². The lowest BCUT2D eigenvalue weighted by molar-refractivity contribution is 0.0680. The molecule has 0 radical (unpaired) electrons. The molecule has 1 aliphatic rings. The van der Waals surface area contributed by atoms with Gasteiger partial charge in [0.15, 0.2) is 21.3 Å². The van der Waals surface area contributed by atoms with Gasteiger partial charge in [0.2, 0.25) is 5.75 Å². The fraction of sp³-hybridized carbons (Fsp3) is 0.458. The number of rotatable bonds is 10. The Hall–Kier alpha value is -2.94. The summed E-state index contributed by atoms with van der Waals surface area (Å²) < 4.78 is 46.2. The van der Waals surface area contributed by atoms with Gasteiger partial charge in [0.05, 0.1) is 39.4 Å². The standard InChI is InChI=1S/C24H31NO7S/c1-5-11-32-20-8-6-18(7-9-20)24(26)25(19-10-12-33(27,28)16-19)15-17-13-21(29-2)23(31-4)22(14-17)30-3/h6-9,13-14,19H,5,10-12,15-16H2,1-4H3/t19-/m1/s1. The molecule has 3 rings (SSSR count). The Bertz CT molecular complexity index is 1040. The van der Waals surface area contributed by atoms with E-state index in [0.717, 1.165) is 12.0 Å². The molecule has 1 aliphatic heterocycles. The second-order valence-corrected chi connectivity index (χ2v) is 10.1. The van der Waals surface area contributed by atoms with Gasteiger partial charge in [-0.1, -0.05) is 6.92 Å². The number of carbonyl (C=O) groups excluding carboxylic acids is 1. The molecule has 1 fully saturated rings. The normalized spacial score (nSPS) is 16.8. The van der Waals surface area contributed by atoms with Crippen LogP contribution in [0.15, 0.2) is 36.4 Å². The number of methoxy groups -OCH3 is 3. The lowest BCUT2D eigenvalue weighted by atomic mass is 10.1. The van der Waals surface area contributed by atoms with Crippen molar-refractivity contribution in [2.24, 2.45) is 0 Å². The van der Waals surface area contributed by atoms with Crippen molar-refractivity contribution in [1.82, 2.24) is 4.90 Å². The Balaban J connectivity index is 1.93. The number of nitrogens with zero attached hydrogens (tertiary/aromatic N) is 1. The number of benzene rings is 2. The molecule has 9 heteroatoms. The van der Waals surface area contributed by atoms with Crippen LogP contribution in [0.4, 0.5) is 0 Å². The molecule has 0 aromatic heterocycles. The van der Waals surface area contributed by atoms with E-state index in [-0.39, 0.29) is 24.0 Å². The van der Waals surface area contributed by atoms with Crippen LogP contribution < -0.4 is 18.9 Å². The predicted molar refractivity (Wildman–Crippen MR) is 125 cm³/mol. The van der Waals surface area contributed by atoms with Crippen molar-refractivity contribution in [2.75, 3.05) is 39.4 Å². The molecule has 8 nitrogen and oxygen atoms in total. The zero-order chi connectivity index (χ0) is 24.0. The lowest BCUT2D eigenvalue weighted by Gasteiger charge is -2.29. The molecule has 1 amide bonds. The quantitative estimate of drug-likeness (QED) is 0.518. The van der Waals surface area contributed by atoms with Gasteiger partial charge in [-0.15, -0.1) is 0 Å². The minimum Gasteiger partial charge on any atom is -0.494 e. The monoisotopic (exact) mass is 477 g/mol. The first-order valence-corrected chi connectivity index (χ1v) is 12.7. The van der Waals surface area contributed by atoms with Crippen molar-refractivity contribution >= 4 is 15.7 Å². The average molecular weight is 478 g/mol. The van der Waals surface area contributed by atoms with Gasteiger partial charge < -0.3 is 23.8 Å². The molecule has 2 aromatic carbocycles. The molecule has 1 saturated heterocycles. The zero-order valence-electron chi connectivity index (χ0n) is 19.5. The summed E-state index contributed by atoms with van der Waals surface area (Å²) in [7, 11) is 1.38. The first-order valence-electron chi connectivity index (χ1n) is 10.8. The largest absolute Gasteiger partial charge is 0.494 e. The van der Waals surface area contributed by atoms with Gasteiger partial charge in [-0.2, -0.15) is 0 Å². The van der Waals surface area contributed by atoms with Crippen LogP contribution in [-0.2, 0) is 16.4 Å². The maximum absolute atomic E-state index is 13.5. The van der Waals surface area contributed by atoms with Crippen molar-refractivity contribution < 1.29 is 32.2 Å². The molecule has 2 aromatic rings. The van der Waals surface area contributed by atoms with Crippen LogP contribution in [0.2, 0.25) is 0 Å². The maximum Gasteiger partial charge on any atom is 0.254 e. The fourth-order valence-electron chi connectivity index (χ4n) is 3.89. The van der Waals surface area contributed by atoms with Crippen LogP contribution in [0.25, 0.3) is 0 Å². The Morgan fingerprint density at radius 2 is 1.67 bits per heavy atom. The number of hydrogen-bond donors (Lipinski definition) is 0. The van der Waals surface area contributed by atoms with Gasteiger partial charge in [-0.25, -0.2) is 8.42 Å². The van der Waals surface area contributed by atoms with Crippen LogP contribution in [0, 0.1) is 0 Å². The van der Waals surface area contributed by atoms with E-state index < -0.39 is 15.9 Å². The number of hydrogen-bond acceptors (Lipinski definition) is 7. The highest BCUT2D eigenvalue weighted by Gasteiger charge is 2.35. The molecule has 1 heterocycles. The summed E-state index contributed by atoms with van der Waals surface area (Å²) in [6, 6.07) is 10.0. The minimum absolute atomic E-state index is 0.0547. The highest BCUT2D eigenvalue weighted by atomic mass is 32.2. The second kappa shape index (κ2) is 10.8. The van der Waals surface area contributed by atoms with Crippen molar-refractivity contribution in [2.45, 2.75) is 32.4 Å². The average Bonchev–Trinajstić information content (AvgIpc) is 3.19. The number of sulfone groups is 1. The molecular weight excluding hydrogens is 446 g/mol. The van der Waals surface area contributed by atoms with Gasteiger partial charge in [0, 0.05) is 18.2 Å². The molecule has 180 valence electrons. The van der Waals surface area contributed by atoms with Crippen molar-refractivity contribution in [3.05, 3.63) is 47.5 Å². The van der Waals surface area contributed by atoms with Gasteiger partial charge in [0.25, 0.3) is 5.91 Å². The third kappa shape index (κ3) is 5.90. The SMILES string of the molecule is CCCOc1ccc(C(=O)N(Cc2cc(OC)c(OC)c(OC)c2)[C@@H]2CCS(=O)(=O)C2)cc1. The van der Waals surface area contributed by atoms with E-state index in [1.54, 1.807) is 41.3 Å². The van der Waals surface area contributed by atoms with Gasteiger partial charge in [-0.05, 0) is 54.8 Å². The minimum atomic E-state index is -3.19. The van der Waals surface area contributed by atoms with Gasteiger partial charge >= 0.3 is 0 Å². The van der Waals surface area contributed by atoms with Crippen LogP contribution >= 0.6 is 0 Å². The van der Waals surface area contributed by atoms with E-state index in [4.69, 9.17) is 18.9 Å². The van der Waals surface area contributed by atoms with E-state index in [0.29, 0.717) is 41.6 Å². The first kappa shape index (κ1) is 24.7. The molecule has 1 atom stereocenters. The van der Waals surface area contributed by atoms with Gasteiger partial charge in [0.1, 0.15) is 5.75 Å². The Morgan fingerprint density at radius 1 is 1.03 bits per heavy atom. The molecule has 0 unspecified atom stereocenters. The summed E-state index contributed by atoms with van der Waals surface area (Å²) in [5.41, 5.74) is 1.21. The molecular formula is C24H31NO7S. The Labute approximate surface area is 195 Å². The Morgan fingerprint density at radius 3 is 2.15 bits per heavy atom. The fourth-order valence-corrected chi connectivity index (χ4v) is 5.62. The van der Waals surface area contributed by atoms with Crippen molar-refractivity contribution in [1.29, 1.82) is 0 Å². The second-order valence-electron chi connectivity index (χ2n) is 7.90. The highest BCUT2D eigenvalue weighted by Crippen LogP contribution is 2.39. The van der Waals surface area contributed by atoms with Crippen LogP contribution in [0.5, 0.6) is 23.0 Å². The van der Waals surface area contributed by atoms with E-state index in [1.165, 1.54) is 21.3 Å². The van der Waals surface area contributed by atoms with Crippen molar-refractivity contribution in [3.8, 4) is 23.0 Å². The summed E-state index contributed by atoms with van der Waals surface area (Å²) in [5.74, 6) is 1.85. The summed E-state index contributed by atoms with van der Waals surface area (Å²) in [5, 5.41) is 0. The first-order chi connectivity index (χ1) is 15.8. The molecule has 0 bridgehead atoms. The Kier molecular flexibility index (Phi) is 8.07. The zero-order valence-corrected chi connectivity index (χ0v) is 20.3. The number of carbonyl (C=O) groups is 1. The molecule has 0 aliphatic carbocycles. The highest BCUT2D eigenvalue weighted by molar-refractivity contribution is 7.91. The predicted octanol–water partition coefficient (Wildman–Crippen LogP) is 3.33. The summed E-state index contributed by atoms with van der Waals surface area (Å²) in [4.78, 5) is 15.1. The third-order valence-electron chi connectivity index (χ3n) is 5.56. The van der Waals surface area contributed by atoms with Crippen LogP contribution in [-0.4, -0.2) is 64.7 Å². The molecule has 0 saturated carbocycles. The van der Waals surface area contributed by atoms with Crippen LogP contribution in [0.3, 0.4) is 0 Å². The van der Waals surface area contributed by atoms with Crippen molar-refractivity contribution in [3.63, 3.8) is 0 Å². The molecule has 0 N–H and O–H groups in total. The van der Waals surface area contributed by atoms with E-state index in [1.807, 2.05) is 6.92 Å². The van der Waals surface area contributed by atoms with Gasteiger partial charge in [-0.3, -0.25) is 4.79 Å². The van der Waals surface area contributed by atoms with E-state index >= 15 is 0 Å². The molecule has 33 heavy (non-hydrogen) atoms.